The van der Waals surface area contributed by atoms with E-state index in [9.17, 15) is 4.79 Å². The number of nitrogens with one attached hydrogen (secondary N) is 1. The van der Waals surface area contributed by atoms with E-state index < -0.39 is 6.09 Å². The molecule has 1 amide bonds. The van der Waals surface area contributed by atoms with E-state index in [1.54, 1.807) is 6.92 Å². The molecule has 1 unspecified atom stereocenters. The van der Waals surface area contributed by atoms with E-state index in [1.807, 2.05) is 0 Å². The van der Waals surface area contributed by atoms with E-state index >= 15 is 0 Å². The smallest absolute Gasteiger partial charge is 0.404 e. The van der Waals surface area contributed by atoms with Crippen LogP contribution >= 0.6 is 15.9 Å². The van der Waals surface area contributed by atoms with E-state index in [-0.39, 0.29) is 6.04 Å². The van der Waals surface area contributed by atoms with Crippen molar-refractivity contribution in [2.24, 2.45) is 0 Å². The number of carboxylic acid groups (broad SMARTS) is 1. The highest BCUT2D eigenvalue weighted by molar-refractivity contribution is 9.09. The SMILES string of the molecule is CC(CBr)NC(=O)O. The summed E-state index contributed by atoms with van der Waals surface area (Å²) >= 11 is 3.12. The van der Waals surface area contributed by atoms with Crippen molar-refractivity contribution in [2.75, 3.05) is 5.33 Å². The Morgan fingerprint density at radius 3 is 2.62 bits per heavy atom. The molecule has 48 valence electrons. The van der Waals surface area contributed by atoms with Gasteiger partial charge >= 0.3 is 6.09 Å². The lowest BCUT2D eigenvalue weighted by atomic mass is 10.4. The number of rotatable bonds is 2. The Hall–Kier alpha value is -0.250. The summed E-state index contributed by atoms with van der Waals surface area (Å²) < 4.78 is 0. The molecule has 0 aromatic heterocycles. The molecule has 3 nitrogen and oxygen atoms in total. The molecule has 0 aliphatic heterocycles. The Labute approximate surface area is 56.2 Å². The van der Waals surface area contributed by atoms with Gasteiger partial charge in [-0.2, -0.15) is 0 Å². The highest BCUT2D eigenvalue weighted by Crippen LogP contribution is 1.86. The molecule has 0 heterocycles. The minimum atomic E-state index is -0.975. The third kappa shape index (κ3) is 3.92. The first-order chi connectivity index (χ1) is 3.66. The fourth-order valence-electron chi connectivity index (χ4n) is 0.249. The largest absolute Gasteiger partial charge is 0.465 e. The van der Waals surface area contributed by atoms with E-state index in [4.69, 9.17) is 5.11 Å². The fourth-order valence-corrected chi connectivity index (χ4v) is 0.411. The quantitative estimate of drug-likeness (QED) is 0.626. The third-order valence-corrected chi connectivity index (χ3v) is 1.57. The van der Waals surface area contributed by atoms with Crippen LogP contribution in [0.2, 0.25) is 0 Å². The van der Waals surface area contributed by atoms with Gasteiger partial charge in [0.25, 0.3) is 0 Å². The molecule has 0 saturated heterocycles. The van der Waals surface area contributed by atoms with Gasteiger partial charge in [0.2, 0.25) is 0 Å². The molecule has 0 rings (SSSR count). The zero-order valence-corrected chi connectivity index (χ0v) is 6.10. The summed E-state index contributed by atoms with van der Waals surface area (Å²) in [6, 6.07) is -0.00694. The Bertz CT molecular complexity index is 86.1. The average Bonchev–Trinajstić information content (AvgIpc) is 1.65. The second-order valence-corrected chi connectivity index (χ2v) is 2.15. The molecule has 0 saturated carbocycles. The van der Waals surface area contributed by atoms with Crippen LogP contribution in [0.25, 0.3) is 0 Å². The number of hydrogen-bond acceptors (Lipinski definition) is 1. The van der Waals surface area contributed by atoms with Gasteiger partial charge in [0.05, 0.1) is 0 Å². The van der Waals surface area contributed by atoms with Crippen molar-refractivity contribution in [3.63, 3.8) is 0 Å². The normalized spacial score (nSPS) is 12.8. The lowest BCUT2D eigenvalue weighted by Crippen LogP contribution is -2.31. The van der Waals surface area contributed by atoms with Crippen LogP contribution in [0.1, 0.15) is 6.92 Å². The maximum Gasteiger partial charge on any atom is 0.404 e. The Morgan fingerprint density at radius 2 is 2.50 bits per heavy atom. The second-order valence-electron chi connectivity index (χ2n) is 1.50. The summed E-state index contributed by atoms with van der Waals surface area (Å²) in [4.78, 5) is 9.84. The molecule has 1 atom stereocenters. The lowest BCUT2D eigenvalue weighted by Gasteiger charge is -2.04. The predicted molar refractivity (Wildman–Crippen MR) is 34.4 cm³/mol. The van der Waals surface area contributed by atoms with E-state index in [0.29, 0.717) is 5.33 Å². The monoisotopic (exact) mass is 181 g/mol. The van der Waals surface area contributed by atoms with E-state index in [1.165, 1.54) is 0 Å². The summed E-state index contributed by atoms with van der Waals surface area (Å²) in [5.41, 5.74) is 0. The summed E-state index contributed by atoms with van der Waals surface area (Å²) in [6.45, 7) is 1.78. The lowest BCUT2D eigenvalue weighted by molar-refractivity contribution is 0.192. The number of hydrogen-bond donors (Lipinski definition) is 2. The first kappa shape index (κ1) is 7.75. The second kappa shape index (κ2) is 3.72. The molecule has 4 heteroatoms. The van der Waals surface area contributed by atoms with Crippen LogP contribution in [0.15, 0.2) is 0 Å². The van der Waals surface area contributed by atoms with E-state index in [0.717, 1.165) is 0 Å². The predicted octanol–water partition coefficient (Wildman–Crippen LogP) is 1.04. The van der Waals surface area contributed by atoms with Crippen molar-refractivity contribution in [2.45, 2.75) is 13.0 Å². The number of carbonyl (C=O) groups is 1. The molecule has 8 heavy (non-hydrogen) atoms. The molecule has 0 bridgehead atoms. The molecule has 0 aromatic carbocycles. The van der Waals surface area contributed by atoms with Crippen molar-refractivity contribution >= 4 is 22.0 Å². The Morgan fingerprint density at radius 1 is 2.00 bits per heavy atom. The van der Waals surface area contributed by atoms with Crippen LogP contribution < -0.4 is 5.32 Å². The minimum Gasteiger partial charge on any atom is -0.465 e. The molecule has 0 aromatic rings. The van der Waals surface area contributed by atoms with Crippen LogP contribution in [0, 0.1) is 0 Å². The van der Waals surface area contributed by atoms with Gasteiger partial charge in [-0.25, -0.2) is 4.79 Å². The molecule has 0 aliphatic rings. The van der Waals surface area contributed by atoms with Gasteiger partial charge in [0.1, 0.15) is 0 Å². The Kier molecular flexibility index (Phi) is 3.60. The topological polar surface area (TPSA) is 49.3 Å². The number of halogens is 1. The number of amides is 1. The van der Waals surface area contributed by atoms with Crippen molar-refractivity contribution in [3.8, 4) is 0 Å². The van der Waals surface area contributed by atoms with Crippen molar-refractivity contribution in [1.82, 2.24) is 5.32 Å². The molecule has 0 fully saturated rings. The first-order valence-electron chi connectivity index (χ1n) is 2.22. The summed E-state index contributed by atoms with van der Waals surface area (Å²) in [5, 5.41) is 11.0. The summed E-state index contributed by atoms with van der Waals surface area (Å²) in [6.07, 6.45) is -0.975. The standard InChI is InChI=1S/C4H8BrNO2/c1-3(2-5)6-4(7)8/h3,6H,2H2,1H3,(H,7,8). The van der Waals surface area contributed by atoms with Crippen LogP contribution in [-0.2, 0) is 0 Å². The van der Waals surface area contributed by atoms with Gasteiger partial charge in [-0.15, -0.1) is 0 Å². The van der Waals surface area contributed by atoms with Gasteiger partial charge in [-0.05, 0) is 6.92 Å². The fraction of sp³-hybridized carbons (Fsp3) is 0.750. The highest BCUT2D eigenvalue weighted by Gasteiger charge is 2.00. The van der Waals surface area contributed by atoms with Crippen molar-refractivity contribution in [3.05, 3.63) is 0 Å². The summed E-state index contributed by atoms with van der Waals surface area (Å²) in [7, 11) is 0. The first-order valence-corrected chi connectivity index (χ1v) is 3.34. The molecular weight excluding hydrogens is 174 g/mol. The molecular formula is C4H8BrNO2. The molecule has 0 aliphatic carbocycles. The third-order valence-electron chi connectivity index (χ3n) is 0.601. The zero-order chi connectivity index (χ0) is 6.57. The number of alkyl halides is 1. The van der Waals surface area contributed by atoms with Crippen LogP contribution in [0.4, 0.5) is 4.79 Å². The molecule has 0 radical (unpaired) electrons. The highest BCUT2D eigenvalue weighted by atomic mass is 79.9. The maximum atomic E-state index is 9.84. The van der Waals surface area contributed by atoms with Gasteiger partial charge in [0.15, 0.2) is 0 Å². The zero-order valence-electron chi connectivity index (χ0n) is 4.52. The maximum absolute atomic E-state index is 9.84. The van der Waals surface area contributed by atoms with E-state index in [2.05, 4.69) is 21.2 Å². The van der Waals surface area contributed by atoms with Gasteiger partial charge in [0, 0.05) is 11.4 Å². The van der Waals surface area contributed by atoms with Crippen molar-refractivity contribution < 1.29 is 9.90 Å². The van der Waals surface area contributed by atoms with Gasteiger partial charge in [-0.1, -0.05) is 15.9 Å². The van der Waals surface area contributed by atoms with Crippen LogP contribution in [0.3, 0.4) is 0 Å². The van der Waals surface area contributed by atoms with Gasteiger partial charge < -0.3 is 10.4 Å². The summed E-state index contributed by atoms with van der Waals surface area (Å²) in [5.74, 6) is 0. The minimum absolute atomic E-state index is 0.00694. The molecule has 2 N–H and O–H groups in total. The average molecular weight is 182 g/mol. The molecule has 0 spiro atoms. The van der Waals surface area contributed by atoms with Gasteiger partial charge in [-0.3, -0.25) is 0 Å². The van der Waals surface area contributed by atoms with Crippen molar-refractivity contribution in [1.29, 1.82) is 0 Å². The Balaban J connectivity index is 3.24. The van der Waals surface area contributed by atoms with Crippen LogP contribution in [-0.4, -0.2) is 22.6 Å². The van der Waals surface area contributed by atoms with Crippen LogP contribution in [0.5, 0.6) is 0 Å².